The van der Waals surface area contributed by atoms with Crippen LogP contribution in [-0.4, -0.2) is 4.57 Å². The van der Waals surface area contributed by atoms with Crippen molar-refractivity contribution in [1.29, 1.82) is 0 Å². The monoisotopic (exact) mass is 352 g/mol. The predicted octanol–water partition coefficient (Wildman–Crippen LogP) is 6.67. The maximum Gasteiger partial charge on any atom is 0.147 e. The van der Waals surface area contributed by atoms with E-state index in [0.29, 0.717) is 5.69 Å². The van der Waals surface area contributed by atoms with Crippen LogP contribution in [0, 0.1) is 5.82 Å². The molecule has 0 radical (unpaired) electrons. The number of anilines is 2. The molecule has 130 valence electrons. The second-order valence-electron chi connectivity index (χ2n) is 6.53. The molecule has 3 heteroatoms. The fourth-order valence-corrected chi connectivity index (χ4v) is 3.63. The first-order valence-corrected chi connectivity index (χ1v) is 8.91. The summed E-state index contributed by atoms with van der Waals surface area (Å²) < 4.78 is 16.5. The van der Waals surface area contributed by atoms with Gasteiger partial charge in [0.1, 0.15) is 5.82 Å². The van der Waals surface area contributed by atoms with Gasteiger partial charge in [0.2, 0.25) is 0 Å². The minimum atomic E-state index is -0.230. The van der Waals surface area contributed by atoms with Crippen LogP contribution in [0.1, 0.15) is 0 Å². The summed E-state index contributed by atoms with van der Waals surface area (Å²) in [6, 6.07) is 31.3. The van der Waals surface area contributed by atoms with Crippen molar-refractivity contribution in [1.82, 2.24) is 4.57 Å². The Bertz CT molecular complexity index is 1260. The Balaban J connectivity index is 1.75. The number of para-hydroxylation sites is 3. The lowest BCUT2D eigenvalue weighted by atomic mass is 10.1. The number of nitrogens with zero attached hydrogens (tertiary/aromatic N) is 1. The minimum Gasteiger partial charge on any atom is -0.356 e. The molecule has 0 saturated heterocycles. The van der Waals surface area contributed by atoms with Crippen LogP contribution >= 0.6 is 0 Å². The minimum absolute atomic E-state index is 0.230. The van der Waals surface area contributed by atoms with E-state index in [9.17, 15) is 4.39 Å². The zero-order valence-electron chi connectivity index (χ0n) is 14.6. The third-order valence-electron chi connectivity index (χ3n) is 4.83. The van der Waals surface area contributed by atoms with Gasteiger partial charge in [-0.1, -0.05) is 48.5 Å². The summed E-state index contributed by atoms with van der Waals surface area (Å²) in [6.45, 7) is 0. The van der Waals surface area contributed by atoms with Crippen LogP contribution in [0.5, 0.6) is 0 Å². The Labute approximate surface area is 156 Å². The van der Waals surface area contributed by atoms with Crippen molar-refractivity contribution in [3.05, 3.63) is 103 Å². The number of benzene rings is 4. The number of aromatic nitrogens is 1. The molecule has 0 spiro atoms. The Morgan fingerprint density at radius 1 is 0.593 bits per heavy atom. The van der Waals surface area contributed by atoms with Crippen molar-refractivity contribution < 1.29 is 4.39 Å². The Morgan fingerprint density at radius 3 is 2.15 bits per heavy atom. The SMILES string of the molecule is Fc1ccccc1-n1c2ccccc2c2cc(Nc3ccccc3)ccc21. The summed E-state index contributed by atoms with van der Waals surface area (Å²) in [5, 5.41) is 5.63. The molecule has 0 aliphatic carbocycles. The number of hydrogen-bond acceptors (Lipinski definition) is 1. The Kier molecular flexibility index (Phi) is 3.65. The molecule has 0 atom stereocenters. The van der Waals surface area contributed by atoms with Crippen LogP contribution in [-0.2, 0) is 0 Å². The average molecular weight is 352 g/mol. The summed E-state index contributed by atoms with van der Waals surface area (Å²) >= 11 is 0. The number of nitrogens with one attached hydrogen (secondary N) is 1. The van der Waals surface area contributed by atoms with E-state index < -0.39 is 0 Å². The van der Waals surface area contributed by atoms with E-state index in [1.807, 2.05) is 77.4 Å². The molecular formula is C24H17FN2. The fourth-order valence-electron chi connectivity index (χ4n) is 3.63. The molecule has 0 amide bonds. The molecule has 2 nitrogen and oxygen atoms in total. The highest BCUT2D eigenvalue weighted by atomic mass is 19.1. The second kappa shape index (κ2) is 6.29. The van der Waals surface area contributed by atoms with Gasteiger partial charge < -0.3 is 9.88 Å². The van der Waals surface area contributed by atoms with Gasteiger partial charge in [0.05, 0.1) is 16.7 Å². The van der Waals surface area contributed by atoms with Crippen LogP contribution in [0.25, 0.3) is 27.5 Å². The van der Waals surface area contributed by atoms with E-state index in [-0.39, 0.29) is 5.82 Å². The molecule has 0 fully saturated rings. The molecule has 5 aromatic rings. The smallest absolute Gasteiger partial charge is 0.147 e. The van der Waals surface area contributed by atoms with Crippen molar-refractivity contribution in [2.45, 2.75) is 0 Å². The van der Waals surface area contributed by atoms with E-state index in [0.717, 1.165) is 33.2 Å². The lowest BCUT2D eigenvalue weighted by Gasteiger charge is -2.10. The maximum absolute atomic E-state index is 14.5. The number of halogens is 1. The predicted molar refractivity (Wildman–Crippen MR) is 110 cm³/mol. The third-order valence-corrected chi connectivity index (χ3v) is 4.83. The normalized spacial score (nSPS) is 11.1. The molecule has 4 aromatic carbocycles. The maximum atomic E-state index is 14.5. The van der Waals surface area contributed by atoms with Gasteiger partial charge in [-0.2, -0.15) is 0 Å². The van der Waals surface area contributed by atoms with Gasteiger partial charge in [-0.3, -0.25) is 0 Å². The van der Waals surface area contributed by atoms with Crippen molar-refractivity contribution in [3.63, 3.8) is 0 Å². The highest BCUT2D eigenvalue weighted by molar-refractivity contribution is 6.10. The summed E-state index contributed by atoms with van der Waals surface area (Å²) in [7, 11) is 0. The molecular weight excluding hydrogens is 335 g/mol. The molecule has 27 heavy (non-hydrogen) atoms. The first kappa shape index (κ1) is 15.6. The molecule has 0 aliphatic heterocycles. The quantitative estimate of drug-likeness (QED) is 0.384. The number of fused-ring (bicyclic) bond motifs is 3. The van der Waals surface area contributed by atoms with Gasteiger partial charge in [0, 0.05) is 22.1 Å². The van der Waals surface area contributed by atoms with E-state index in [4.69, 9.17) is 0 Å². The van der Waals surface area contributed by atoms with Gasteiger partial charge in [-0.05, 0) is 48.5 Å². The largest absolute Gasteiger partial charge is 0.356 e. The molecule has 1 N–H and O–H groups in total. The fraction of sp³-hybridized carbons (Fsp3) is 0. The van der Waals surface area contributed by atoms with Gasteiger partial charge in [0.15, 0.2) is 0 Å². The van der Waals surface area contributed by atoms with Crippen LogP contribution in [0.4, 0.5) is 15.8 Å². The van der Waals surface area contributed by atoms with Crippen LogP contribution in [0.3, 0.4) is 0 Å². The average Bonchev–Trinajstić information content (AvgIpc) is 3.03. The van der Waals surface area contributed by atoms with Gasteiger partial charge in [0.25, 0.3) is 0 Å². The van der Waals surface area contributed by atoms with Gasteiger partial charge in [-0.15, -0.1) is 0 Å². The van der Waals surface area contributed by atoms with E-state index in [1.165, 1.54) is 6.07 Å². The number of hydrogen-bond donors (Lipinski definition) is 1. The molecule has 0 unspecified atom stereocenters. The lowest BCUT2D eigenvalue weighted by molar-refractivity contribution is 0.621. The first-order valence-electron chi connectivity index (χ1n) is 8.91. The summed E-state index contributed by atoms with van der Waals surface area (Å²) in [5.74, 6) is -0.230. The molecule has 0 saturated carbocycles. The Morgan fingerprint density at radius 2 is 1.30 bits per heavy atom. The molecule has 1 heterocycles. The van der Waals surface area contributed by atoms with Gasteiger partial charge in [-0.25, -0.2) is 4.39 Å². The highest BCUT2D eigenvalue weighted by Gasteiger charge is 2.14. The first-order chi connectivity index (χ1) is 13.3. The number of rotatable bonds is 3. The third kappa shape index (κ3) is 2.64. The van der Waals surface area contributed by atoms with Crippen molar-refractivity contribution in [2.24, 2.45) is 0 Å². The zero-order valence-corrected chi connectivity index (χ0v) is 14.6. The molecule has 1 aromatic heterocycles. The van der Waals surface area contributed by atoms with E-state index in [1.54, 1.807) is 6.07 Å². The molecule has 0 aliphatic rings. The lowest BCUT2D eigenvalue weighted by Crippen LogP contribution is -1.97. The second-order valence-corrected chi connectivity index (χ2v) is 6.53. The topological polar surface area (TPSA) is 17.0 Å². The highest BCUT2D eigenvalue weighted by Crippen LogP contribution is 2.34. The zero-order chi connectivity index (χ0) is 18.2. The van der Waals surface area contributed by atoms with Crippen molar-refractivity contribution in [3.8, 4) is 5.69 Å². The van der Waals surface area contributed by atoms with E-state index >= 15 is 0 Å². The van der Waals surface area contributed by atoms with Crippen molar-refractivity contribution >= 4 is 33.2 Å². The summed E-state index contributed by atoms with van der Waals surface area (Å²) in [5.41, 5.74) is 4.58. The van der Waals surface area contributed by atoms with E-state index in [2.05, 4.69) is 17.4 Å². The summed E-state index contributed by atoms with van der Waals surface area (Å²) in [4.78, 5) is 0. The van der Waals surface area contributed by atoms with Crippen LogP contribution in [0.2, 0.25) is 0 Å². The molecule has 0 bridgehead atoms. The molecule has 5 rings (SSSR count). The van der Waals surface area contributed by atoms with Crippen LogP contribution < -0.4 is 5.32 Å². The Hall–Kier alpha value is -3.59. The van der Waals surface area contributed by atoms with Gasteiger partial charge >= 0.3 is 0 Å². The van der Waals surface area contributed by atoms with Crippen molar-refractivity contribution in [2.75, 3.05) is 5.32 Å². The standard InChI is InChI=1S/C24H17FN2/c25-21-11-5-7-13-24(21)27-22-12-6-4-10-19(22)20-16-18(14-15-23(20)27)26-17-8-2-1-3-9-17/h1-16,26H. The van der Waals surface area contributed by atoms with Crippen LogP contribution in [0.15, 0.2) is 97.1 Å². The summed E-state index contributed by atoms with van der Waals surface area (Å²) in [6.07, 6.45) is 0.